The molecule has 12 nitrogen and oxygen atoms in total. The van der Waals surface area contributed by atoms with Gasteiger partial charge in [-0.05, 0) is 43.7 Å². The van der Waals surface area contributed by atoms with Gasteiger partial charge in [0.25, 0.3) is 0 Å². The molecule has 47 heavy (non-hydrogen) atoms. The summed E-state index contributed by atoms with van der Waals surface area (Å²) in [5.41, 5.74) is 0.769. The van der Waals surface area contributed by atoms with E-state index < -0.39 is 59.7 Å². The molecule has 0 aliphatic heterocycles. The van der Waals surface area contributed by atoms with Gasteiger partial charge in [-0.15, -0.1) is 0 Å². The first-order valence-corrected chi connectivity index (χ1v) is 15.8. The molecule has 0 saturated heterocycles. The number of esters is 1. The number of methoxy groups -OCH3 is 1. The molecule has 0 spiro atoms. The van der Waals surface area contributed by atoms with Gasteiger partial charge < -0.3 is 35.5 Å². The van der Waals surface area contributed by atoms with Crippen molar-refractivity contribution in [2.24, 2.45) is 11.8 Å². The van der Waals surface area contributed by atoms with E-state index in [-0.39, 0.29) is 31.3 Å². The molecule has 4 N–H and O–H groups in total. The Morgan fingerprint density at radius 2 is 1.30 bits per heavy atom. The lowest BCUT2D eigenvalue weighted by atomic mass is 9.92. The smallest absolute Gasteiger partial charge is 0.408 e. The van der Waals surface area contributed by atoms with Crippen LogP contribution in [0.2, 0.25) is 0 Å². The van der Waals surface area contributed by atoms with Gasteiger partial charge in [0, 0.05) is 12.8 Å². The average Bonchev–Trinajstić information content (AvgIpc) is 3.00. The van der Waals surface area contributed by atoms with E-state index in [4.69, 9.17) is 14.2 Å². The number of amides is 4. The quantitative estimate of drug-likeness (QED) is 0.164. The average molecular weight is 655 g/mol. The molecule has 4 amide bonds. The van der Waals surface area contributed by atoms with Crippen molar-refractivity contribution in [3.8, 4) is 0 Å². The largest absolute Gasteiger partial charge is 0.467 e. The Balaban J connectivity index is 2.35. The van der Waals surface area contributed by atoms with E-state index in [1.54, 1.807) is 46.8 Å². The van der Waals surface area contributed by atoms with Crippen molar-refractivity contribution in [2.45, 2.75) is 97.7 Å². The van der Waals surface area contributed by atoms with Crippen LogP contribution in [0.15, 0.2) is 60.7 Å². The summed E-state index contributed by atoms with van der Waals surface area (Å²) in [5, 5.41) is 11.0. The van der Waals surface area contributed by atoms with E-state index in [1.165, 1.54) is 7.11 Å². The molecule has 0 fully saturated rings. The Morgan fingerprint density at radius 3 is 1.81 bits per heavy atom. The van der Waals surface area contributed by atoms with Crippen LogP contribution in [0.1, 0.15) is 66.0 Å². The Morgan fingerprint density at radius 1 is 0.723 bits per heavy atom. The van der Waals surface area contributed by atoms with Gasteiger partial charge in [0.15, 0.2) is 0 Å². The topological polar surface area (TPSA) is 161 Å². The summed E-state index contributed by atoms with van der Waals surface area (Å²) in [6.45, 7) is 12.3. The molecule has 2 rings (SSSR count). The van der Waals surface area contributed by atoms with Gasteiger partial charge in [-0.1, -0.05) is 88.4 Å². The predicted octanol–water partition coefficient (Wildman–Crippen LogP) is 4.26. The van der Waals surface area contributed by atoms with E-state index in [0.29, 0.717) is 0 Å². The summed E-state index contributed by atoms with van der Waals surface area (Å²) in [5.74, 6) is -2.27. The molecule has 0 aliphatic carbocycles. The van der Waals surface area contributed by atoms with Crippen LogP contribution >= 0.6 is 0 Å². The van der Waals surface area contributed by atoms with Crippen molar-refractivity contribution in [2.75, 3.05) is 7.11 Å². The number of carbonyl (C=O) groups excluding carboxylic acids is 5. The third kappa shape index (κ3) is 14.1. The third-order valence-electron chi connectivity index (χ3n) is 7.11. The lowest BCUT2D eigenvalue weighted by Crippen LogP contribution is -2.60. The molecule has 258 valence electrons. The van der Waals surface area contributed by atoms with Crippen LogP contribution < -0.4 is 21.3 Å². The highest BCUT2D eigenvalue weighted by Gasteiger charge is 2.34. The van der Waals surface area contributed by atoms with Crippen molar-refractivity contribution in [3.63, 3.8) is 0 Å². The molecule has 0 heterocycles. The molecular weight excluding hydrogens is 604 g/mol. The van der Waals surface area contributed by atoms with Crippen molar-refractivity contribution in [1.82, 2.24) is 21.3 Å². The van der Waals surface area contributed by atoms with Crippen molar-refractivity contribution >= 4 is 30.0 Å². The van der Waals surface area contributed by atoms with Crippen molar-refractivity contribution in [3.05, 3.63) is 71.8 Å². The van der Waals surface area contributed by atoms with E-state index in [1.807, 2.05) is 62.4 Å². The first-order valence-electron chi connectivity index (χ1n) is 15.8. The van der Waals surface area contributed by atoms with Crippen LogP contribution in [-0.4, -0.2) is 66.8 Å². The van der Waals surface area contributed by atoms with Crippen LogP contribution in [-0.2, 0) is 41.6 Å². The lowest BCUT2D eigenvalue weighted by molar-refractivity contribution is -0.146. The van der Waals surface area contributed by atoms with Gasteiger partial charge in [0.2, 0.25) is 11.8 Å². The maximum Gasteiger partial charge on any atom is 0.408 e. The second-order valence-electron chi connectivity index (χ2n) is 13.0. The maximum absolute atomic E-state index is 13.9. The number of hydrogen-bond acceptors (Lipinski definition) is 8. The van der Waals surface area contributed by atoms with Crippen LogP contribution in [0.3, 0.4) is 0 Å². The van der Waals surface area contributed by atoms with Crippen LogP contribution in [0.4, 0.5) is 9.59 Å². The molecular formula is C35H50N4O8. The summed E-state index contributed by atoms with van der Waals surface area (Å²) in [7, 11) is 1.23. The van der Waals surface area contributed by atoms with Gasteiger partial charge in [0.1, 0.15) is 24.3 Å². The Hall–Kier alpha value is -4.61. The highest BCUT2D eigenvalue weighted by Crippen LogP contribution is 2.15. The molecule has 12 heteroatoms. The molecule has 2 aromatic carbocycles. The number of nitrogens with one attached hydrogen (secondary N) is 4. The number of carbonyl (C=O) groups is 5. The highest BCUT2D eigenvalue weighted by molar-refractivity contribution is 5.87. The number of benzene rings is 2. The van der Waals surface area contributed by atoms with Crippen LogP contribution in [0, 0.1) is 11.8 Å². The zero-order valence-corrected chi connectivity index (χ0v) is 28.6. The second-order valence-corrected chi connectivity index (χ2v) is 13.0. The molecule has 0 bridgehead atoms. The summed E-state index contributed by atoms with van der Waals surface area (Å²) < 4.78 is 15.7. The zero-order valence-electron chi connectivity index (χ0n) is 28.6. The molecule has 0 unspecified atom stereocenters. The molecule has 0 saturated carbocycles. The second kappa shape index (κ2) is 18.5. The normalized spacial score (nSPS) is 13.8. The summed E-state index contributed by atoms with van der Waals surface area (Å²) in [6, 6.07) is 14.5. The molecule has 2 aromatic rings. The summed E-state index contributed by atoms with van der Waals surface area (Å²) >= 11 is 0. The molecule has 0 aromatic heterocycles. The highest BCUT2D eigenvalue weighted by atomic mass is 16.6. The predicted molar refractivity (Wildman–Crippen MR) is 177 cm³/mol. The minimum Gasteiger partial charge on any atom is -0.467 e. The number of alkyl carbamates (subject to hydrolysis) is 2. The fraction of sp³-hybridized carbons (Fsp3) is 0.514. The first kappa shape index (κ1) is 38.6. The number of hydrogen-bond donors (Lipinski definition) is 4. The van der Waals surface area contributed by atoms with Gasteiger partial charge in [-0.25, -0.2) is 14.4 Å². The fourth-order valence-electron chi connectivity index (χ4n) is 4.75. The Kier molecular flexibility index (Phi) is 15.2. The van der Waals surface area contributed by atoms with Gasteiger partial charge in [0.05, 0.1) is 19.2 Å². The number of rotatable bonds is 15. The van der Waals surface area contributed by atoms with Crippen LogP contribution in [0.5, 0.6) is 0 Å². The Bertz CT molecular complexity index is 1310. The summed E-state index contributed by atoms with van der Waals surface area (Å²) in [4.78, 5) is 65.3. The molecule has 0 radical (unpaired) electrons. The van der Waals surface area contributed by atoms with Gasteiger partial charge >= 0.3 is 18.2 Å². The molecule has 4 atom stereocenters. The van der Waals surface area contributed by atoms with E-state index in [9.17, 15) is 24.0 Å². The van der Waals surface area contributed by atoms with Gasteiger partial charge in [-0.2, -0.15) is 0 Å². The van der Waals surface area contributed by atoms with E-state index >= 15 is 0 Å². The monoisotopic (exact) mass is 654 g/mol. The van der Waals surface area contributed by atoms with Crippen LogP contribution in [0.25, 0.3) is 0 Å². The Labute approximate surface area is 277 Å². The first-order chi connectivity index (χ1) is 22.1. The van der Waals surface area contributed by atoms with Gasteiger partial charge in [-0.3, -0.25) is 9.59 Å². The zero-order chi connectivity index (χ0) is 35.1. The minimum atomic E-state index is -1.04. The maximum atomic E-state index is 13.9. The standard InChI is InChI=1S/C35H50N4O8/c1-22(2)29(39-31(41)27(19-24-15-11-9-12-16-24)37-34(44)47-35(5,6)7)26(20-28(40)38-30(23(3)4)32(42)45-8)36-33(43)46-21-25-17-13-10-14-18-25/h9-18,22-23,26-27,29-30H,19-21H2,1-8H3,(H,36,43)(H,37,44)(H,38,40)(H,39,41)/t26-,27+,29+,30+/m1/s1. The SMILES string of the molecule is COC(=O)[C@@H](NC(=O)C[C@@H](NC(=O)OCc1ccccc1)[C@@H](NC(=O)[C@H](Cc1ccccc1)NC(=O)OC(C)(C)C)C(C)C)C(C)C. The van der Waals surface area contributed by atoms with Crippen molar-refractivity contribution < 1.29 is 38.2 Å². The molecule has 0 aliphatic rings. The summed E-state index contributed by atoms with van der Waals surface area (Å²) in [6.07, 6.45) is -1.71. The van der Waals surface area contributed by atoms with E-state index in [2.05, 4.69) is 21.3 Å². The third-order valence-corrected chi connectivity index (χ3v) is 7.11. The fourth-order valence-corrected chi connectivity index (χ4v) is 4.75. The number of ether oxygens (including phenoxy) is 3. The minimum absolute atomic E-state index is 0.0129. The lowest BCUT2D eigenvalue weighted by Gasteiger charge is -2.33. The van der Waals surface area contributed by atoms with E-state index in [0.717, 1.165) is 11.1 Å². The van der Waals surface area contributed by atoms with Crippen molar-refractivity contribution in [1.29, 1.82) is 0 Å².